The normalized spacial score (nSPS) is 11.3. The fraction of sp³-hybridized carbons (Fsp3) is 0.118. The molecule has 1 atom stereocenters. The summed E-state index contributed by atoms with van der Waals surface area (Å²) in [5.41, 5.74) is -0.690. The zero-order valence-corrected chi connectivity index (χ0v) is 13.1. The van der Waals surface area contributed by atoms with Crippen molar-refractivity contribution in [1.29, 1.82) is 0 Å². The van der Waals surface area contributed by atoms with Gasteiger partial charge in [0.15, 0.2) is 0 Å². The summed E-state index contributed by atoms with van der Waals surface area (Å²) in [5, 5.41) is 4.13. The van der Waals surface area contributed by atoms with Gasteiger partial charge in [-0.25, -0.2) is 18.4 Å². The van der Waals surface area contributed by atoms with E-state index >= 15 is 0 Å². The minimum Gasteiger partial charge on any atom is -0.444 e. The van der Waals surface area contributed by atoms with Crippen LogP contribution < -0.4 is 10.6 Å². The number of nitrogens with one attached hydrogen (secondary N) is 2. The van der Waals surface area contributed by atoms with Crippen molar-refractivity contribution in [1.82, 2.24) is 10.6 Å². The van der Waals surface area contributed by atoms with E-state index < -0.39 is 41.2 Å². The van der Waals surface area contributed by atoms with Gasteiger partial charge in [-0.1, -0.05) is 36.4 Å². The second-order valence-electron chi connectivity index (χ2n) is 4.86. The number of hydrogen-bond donors (Lipinski definition) is 2. The predicted octanol–water partition coefficient (Wildman–Crippen LogP) is 2.32. The van der Waals surface area contributed by atoms with Gasteiger partial charge in [-0.15, -0.1) is 0 Å². The average Bonchev–Trinajstić information content (AvgIpc) is 2.60. The van der Waals surface area contributed by atoms with E-state index in [4.69, 9.17) is 4.74 Å². The Morgan fingerprint density at radius 2 is 1.56 bits per heavy atom. The van der Waals surface area contributed by atoms with Crippen LogP contribution in [0.2, 0.25) is 0 Å². The van der Waals surface area contributed by atoms with E-state index in [1.54, 1.807) is 18.2 Å². The minimum atomic E-state index is -1.56. The fourth-order valence-electron chi connectivity index (χ4n) is 2.00. The summed E-state index contributed by atoms with van der Waals surface area (Å²) in [6, 6.07) is 9.81. The Bertz CT molecular complexity index is 776. The van der Waals surface area contributed by atoms with Crippen LogP contribution in [0.4, 0.5) is 13.6 Å². The van der Waals surface area contributed by atoms with Gasteiger partial charge in [0.1, 0.15) is 17.2 Å². The van der Waals surface area contributed by atoms with E-state index in [0.29, 0.717) is 0 Å². The number of amides is 3. The SMILES string of the molecule is CNC(=O)NC(=O)[C@@H](OC(=O)c1c(F)cccc1F)c1ccccc1. The third kappa shape index (κ3) is 4.37. The van der Waals surface area contributed by atoms with Crippen molar-refractivity contribution in [3.63, 3.8) is 0 Å². The summed E-state index contributed by atoms with van der Waals surface area (Å²) < 4.78 is 32.4. The maximum atomic E-state index is 13.7. The standard InChI is InChI=1S/C17H14F2N2O4/c1-20-17(24)21-15(22)14(10-6-3-2-4-7-10)25-16(23)13-11(18)8-5-9-12(13)19/h2-9,14H,1H3,(H2,20,21,22,24)/t14-/m0/s1. The van der Waals surface area contributed by atoms with Crippen molar-refractivity contribution in [2.75, 3.05) is 7.05 Å². The van der Waals surface area contributed by atoms with E-state index in [2.05, 4.69) is 5.32 Å². The summed E-state index contributed by atoms with van der Waals surface area (Å²) in [6.07, 6.45) is -1.56. The van der Waals surface area contributed by atoms with E-state index in [1.807, 2.05) is 5.32 Å². The molecule has 130 valence electrons. The lowest BCUT2D eigenvalue weighted by Gasteiger charge is -2.17. The number of hydrogen-bond acceptors (Lipinski definition) is 4. The summed E-state index contributed by atoms with van der Waals surface area (Å²) in [6.45, 7) is 0. The topological polar surface area (TPSA) is 84.5 Å². The summed E-state index contributed by atoms with van der Waals surface area (Å²) in [5.74, 6) is -4.57. The molecule has 2 aromatic carbocycles. The molecule has 0 heterocycles. The largest absolute Gasteiger partial charge is 0.444 e. The van der Waals surface area contributed by atoms with Crippen LogP contribution in [0, 0.1) is 11.6 Å². The summed E-state index contributed by atoms with van der Waals surface area (Å²) in [4.78, 5) is 35.7. The zero-order valence-electron chi connectivity index (χ0n) is 13.1. The molecule has 0 bridgehead atoms. The monoisotopic (exact) mass is 348 g/mol. The van der Waals surface area contributed by atoms with Crippen LogP contribution in [-0.2, 0) is 9.53 Å². The van der Waals surface area contributed by atoms with Crippen LogP contribution in [0.5, 0.6) is 0 Å². The zero-order chi connectivity index (χ0) is 18.4. The fourth-order valence-corrected chi connectivity index (χ4v) is 2.00. The Labute approximate surface area is 141 Å². The number of carbonyl (C=O) groups is 3. The highest BCUT2D eigenvalue weighted by Gasteiger charge is 2.29. The molecule has 0 spiro atoms. The second kappa shape index (κ2) is 8.00. The molecule has 0 unspecified atom stereocenters. The first-order valence-electron chi connectivity index (χ1n) is 7.16. The Balaban J connectivity index is 2.31. The first-order chi connectivity index (χ1) is 11.9. The number of halogens is 2. The van der Waals surface area contributed by atoms with Gasteiger partial charge in [-0.05, 0) is 12.1 Å². The number of urea groups is 1. The van der Waals surface area contributed by atoms with E-state index in [9.17, 15) is 23.2 Å². The van der Waals surface area contributed by atoms with Crippen LogP contribution in [0.15, 0.2) is 48.5 Å². The quantitative estimate of drug-likeness (QED) is 0.831. The van der Waals surface area contributed by atoms with Gasteiger partial charge >= 0.3 is 12.0 Å². The van der Waals surface area contributed by atoms with Crippen LogP contribution >= 0.6 is 0 Å². The molecule has 2 N–H and O–H groups in total. The maximum Gasteiger partial charge on any atom is 0.345 e. The lowest BCUT2D eigenvalue weighted by molar-refractivity contribution is -0.129. The molecule has 2 aromatic rings. The van der Waals surface area contributed by atoms with Gasteiger partial charge in [-0.2, -0.15) is 0 Å². The van der Waals surface area contributed by atoms with Crippen LogP contribution in [0.25, 0.3) is 0 Å². The molecule has 0 saturated carbocycles. The van der Waals surface area contributed by atoms with Crippen molar-refractivity contribution in [2.24, 2.45) is 0 Å². The molecule has 0 aliphatic carbocycles. The molecule has 0 aromatic heterocycles. The Morgan fingerprint density at radius 1 is 0.960 bits per heavy atom. The van der Waals surface area contributed by atoms with Gasteiger partial charge in [0, 0.05) is 12.6 Å². The minimum absolute atomic E-state index is 0.231. The van der Waals surface area contributed by atoms with E-state index in [0.717, 1.165) is 18.2 Å². The van der Waals surface area contributed by atoms with Gasteiger partial charge in [0.05, 0.1) is 0 Å². The number of rotatable bonds is 4. The molecular formula is C17H14F2N2O4. The number of imide groups is 1. The van der Waals surface area contributed by atoms with Gasteiger partial charge in [0.25, 0.3) is 5.91 Å². The molecule has 0 fully saturated rings. The lowest BCUT2D eigenvalue weighted by Crippen LogP contribution is -2.41. The lowest BCUT2D eigenvalue weighted by atomic mass is 10.1. The highest BCUT2D eigenvalue weighted by atomic mass is 19.1. The highest BCUT2D eigenvalue weighted by Crippen LogP contribution is 2.22. The third-order valence-corrected chi connectivity index (χ3v) is 3.20. The highest BCUT2D eigenvalue weighted by molar-refractivity contribution is 5.99. The van der Waals surface area contributed by atoms with E-state index in [1.165, 1.54) is 19.2 Å². The second-order valence-corrected chi connectivity index (χ2v) is 4.86. The summed E-state index contributed by atoms with van der Waals surface area (Å²) in [7, 11) is 1.29. The van der Waals surface area contributed by atoms with Crippen molar-refractivity contribution in [2.45, 2.75) is 6.10 Å². The van der Waals surface area contributed by atoms with Gasteiger partial charge < -0.3 is 10.1 Å². The number of benzene rings is 2. The maximum absolute atomic E-state index is 13.7. The third-order valence-electron chi connectivity index (χ3n) is 3.20. The molecule has 0 saturated heterocycles. The molecule has 0 aliphatic rings. The van der Waals surface area contributed by atoms with Gasteiger partial charge in [-0.3, -0.25) is 10.1 Å². The molecule has 0 radical (unpaired) electrons. The molecule has 2 rings (SSSR count). The van der Waals surface area contributed by atoms with Crippen molar-refractivity contribution in [3.05, 3.63) is 71.3 Å². The molecular weight excluding hydrogens is 334 g/mol. The van der Waals surface area contributed by atoms with Crippen LogP contribution in [0.1, 0.15) is 22.0 Å². The Hall–Kier alpha value is -3.29. The number of ether oxygens (including phenoxy) is 1. The summed E-state index contributed by atoms with van der Waals surface area (Å²) >= 11 is 0. The molecule has 8 heteroatoms. The first kappa shape index (κ1) is 18.1. The van der Waals surface area contributed by atoms with Crippen LogP contribution in [-0.4, -0.2) is 25.0 Å². The Kier molecular flexibility index (Phi) is 5.78. The number of carbonyl (C=O) groups excluding carboxylic acids is 3. The van der Waals surface area contributed by atoms with Crippen molar-refractivity contribution in [3.8, 4) is 0 Å². The van der Waals surface area contributed by atoms with Gasteiger partial charge in [0.2, 0.25) is 6.10 Å². The van der Waals surface area contributed by atoms with Crippen molar-refractivity contribution < 1.29 is 27.9 Å². The van der Waals surface area contributed by atoms with Crippen LogP contribution in [0.3, 0.4) is 0 Å². The predicted molar refractivity (Wildman–Crippen MR) is 83.6 cm³/mol. The molecule has 0 aliphatic heterocycles. The van der Waals surface area contributed by atoms with Crippen molar-refractivity contribution >= 4 is 17.9 Å². The molecule has 3 amide bonds. The first-order valence-corrected chi connectivity index (χ1v) is 7.16. The van der Waals surface area contributed by atoms with E-state index in [-0.39, 0.29) is 5.56 Å². The molecule has 25 heavy (non-hydrogen) atoms. The molecule has 6 nitrogen and oxygen atoms in total. The Morgan fingerprint density at radius 3 is 2.12 bits per heavy atom. The average molecular weight is 348 g/mol. The smallest absolute Gasteiger partial charge is 0.345 e. The number of esters is 1.